The van der Waals surface area contributed by atoms with Gasteiger partial charge in [-0.3, -0.25) is 14.3 Å². The number of nitrogens with zero attached hydrogens (tertiary/aromatic N) is 2. The molecule has 1 aliphatic rings. The summed E-state index contributed by atoms with van der Waals surface area (Å²) in [6.07, 6.45) is 1.72. The second kappa shape index (κ2) is 9.09. The van der Waals surface area contributed by atoms with Crippen molar-refractivity contribution in [2.45, 2.75) is 52.3 Å². The van der Waals surface area contributed by atoms with E-state index in [4.69, 9.17) is 9.84 Å². The number of aliphatic hydroxyl groups excluding tert-OH is 1. The van der Waals surface area contributed by atoms with Gasteiger partial charge in [-0.1, -0.05) is 32.9 Å². The van der Waals surface area contributed by atoms with Gasteiger partial charge in [0.25, 0.3) is 5.91 Å². The highest BCUT2D eigenvalue weighted by molar-refractivity contribution is 6.06. The van der Waals surface area contributed by atoms with Crippen LogP contribution in [-0.2, 0) is 16.1 Å². The average molecular weight is 420 g/mol. The number of amides is 2. The Balaban J connectivity index is 1.91. The lowest BCUT2D eigenvalue weighted by molar-refractivity contribution is -0.125. The molecule has 1 aromatic heterocycles. The summed E-state index contributed by atoms with van der Waals surface area (Å²) < 4.78 is 21.7. The van der Waals surface area contributed by atoms with Crippen LogP contribution in [0.25, 0.3) is 10.9 Å². The lowest BCUT2D eigenvalue weighted by Crippen LogP contribution is -2.54. The standard InChI is InChI=1S/C21H29FN4O4/c1-21(2,3)18(20(29)23-9-10-27)24-19(28)16-14-7-4-8-15(22)17(14)26(25-16)12-13-6-5-11-30-13/h4,7-8,13,18,27H,5-6,9-12H2,1-3H3,(H,23,29)(H,24,28). The third kappa shape index (κ3) is 4.79. The Morgan fingerprint density at radius 3 is 2.80 bits per heavy atom. The van der Waals surface area contributed by atoms with Crippen molar-refractivity contribution in [1.82, 2.24) is 20.4 Å². The number of benzene rings is 1. The smallest absolute Gasteiger partial charge is 0.273 e. The molecule has 2 aromatic rings. The fraction of sp³-hybridized carbons (Fsp3) is 0.571. The van der Waals surface area contributed by atoms with E-state index in [0.717, 1.165) is 12.8 Å². The molecule has 8 nitrogen and oxygen atoms in total. The Hall–Kier alpha value is -2.52. The second-order valence-electron chi connectivity index (χ2n) is 8.59. The summed E-state index contributed by atoms with van der Waals surface area (Å²) in [7, 11) is 0. The lowest BCUT2D eigenvalue weighted by atomic mass is 9.86. The molecule has 164 valence electrons. The van der Waals surface area contributed by atoms with Crippen molar-refractivity contribution in [3.8, 4) is 0 Å². The SMILES string of the molecule is CC(C)(C)C(NC(=O)c1nn(CC2CCCO2)c2c(F)cccc12)C(=O)NCCO. The maximum atomic E-state index is 14.6. The van der Waals surface area contributed by atoms with Gasteiger partial charge in [-0.25, -0.2) is 4.39 Å². The molecular formula is C21H29FN4O4. The van der Waals surface area contributed by atoms with Crippen molar-refractivity contribution in [2.75, 3.05) is 19.8 Å². The number of aliphatic hydroxyl groups is 1. The third-order valence-corrected chi connectivity index (χ3v) is 5.15. The summed E-state index contributed by atoms with van der Waals surface area (Å²) in [5, 5.41) is 19.1. The molecule has 0 aliphatic carbocycles. The Kier molecular flexibility index (Phi) is 6.72. The number of fused-ring (bicyclic) bond motifs is 1. The van der Waals surface area contributed by atoms with Gasteiger partial charge in [0.15, 0.2) is 5.69 Å². The molecule has 1 saturated heterocycles. The highest BCUT2D eigenvalue weighted by Gasteiger charge is 2.34. The first-order valence-corrected chi connectivity index (χ1v) is 10.2. The fourth-order valence-corrected chi connectivity index (χ4v) is 3.63. The zero-order valence-electron chi connectivity index (χ0n) is 17.6. The second-order valence-corrected chi connectivity index (χ2v) is 8.59. The van der Waals surface area contributed by atoms with Crippen molar-refractivity contribution in [1.29, 1.82) is 0 Å². The number of carbonyl (C=O) groups excluding carboxylic acids is 2. The third-order valence-electron chi connectivity index (χ3n) is 5.15. The molecule has 1 fully saturated rings. The average Bonchev–Trinajstić information content (AvgIpc) is 3.32. The topological polar surface area (TPSA) is 105 Å². The minimum absolute atomic E-state index is 0.0618. The molecule has 0 spiro atoms. The Morgan fingerprint density at radius 1 is 1.40 bits per heavy atom. The fourth-order valence-electron chi connectivity index (χ4n) is 3.63. The van der Waals surface area contributed by atoms with Crippen molar-refractivity contribution >= 4 is 22.7 Å². The summed E-state index contributed by atoms with van der Waals surface area (Å²) in [4.78, 5) is 25.6. The normalized spacial score (nSPS) is 17.8. The van der Waals surface area contributed by atoms with Gasteiger partial charge < -0.3 is 20.5 Å². The molecular weight excluding hydrogens is 391 g/mol. The quantitative estimate of drug-likeness (QED) is 0.631. The maximum Gasteiger partial charge on any atom is 0.273 e. The molecule has 0 radical (unpaired) electrons. The van der Waals surface area contributed by atoms with Gasteiger partial charge in [-0.2, -0.15) is 5.10 Å². The molecule has 3 rings (SSSR count). The summed E-state index contributed by atoms with van der Waals surface area (Å²) >= 11 is 0. The van der Waals surface area contributed by atoms with E-state index in [2.05, 4.69) is 15.7 Å². The van der Waals surface area contributed by atoms with E-state index in [0.29, 0.717) is 18.5 Å². The number of aromatic nitrogens is 2. The molecule has 30 heavy (non-hydrogen) atoms. The van der Waals surface area contributed by atoms with E-state index < -0.39 is 29.1 Å². The monoisotopic (exact) mass is 420 g/mol. The first kappa shape index (κ1) is 22.2. The Labute approximate surface area is 174 Å². The van der Waals surface area contributed by atoms with Crippen molar-refractivity contribution in [3.05, 3.63) is 29.7 Å². The summed E-state index contributed by atoms with van der Waals surface area (Å²) in [6.45, 7) is 6.37. The molecule has 1 aliphatic heterocycles. The Bertz CT molecular complexity index is 916. The van der Waals surface area contributed by atoms with Crippen LogP contribution in [0.1, 0.15) is 44.1 Å². The van der Waals surface area contributed by atoms with Crippen LogP contribution in [0.2, 0.25) is 0 Å². The largest absolute Gasteiger partial charge is 0.395 e. The molecule has 9 heteroatoms. The van der Waals surface area contributed by atoms with E-state index in [1.165, 1.54) is 16.8 Å². The van der Waals surface area contributed by atoms with Crippen LogP contribution in [0.3, 0.4) is 0 Å². The molecule has 1 aromatic carbocycles. The van der Waals surface area contributed by atoms with E-state index in [1.807, 2.05) is 20.8 Å². The van der Waals surface area contributed by atoms with Gasteiger partial charge in [-0.15, -0.1) is 0 Å². The van der Waals surface area contributed by atoms with Gasteiger partial charge in [0, 0.05) is 18.5 Å². The molecule has 0 saturated carbocycles. The summed E-state index contributed by atoms with van der Waals surface area (Å²) in [5.74, 6) is -1.43. The first-order chi connectivity index (χ1) is 14.2. The predicted molar refractivity (Wildman–Crippen MR) is 109 cm³/mol. The first-order valence-electron chi connectivity index (χ1n) is 10.2. The van der Waals surface area contributed by atoms with Crippen LogP contribution >= 0.6 is 0 Å². The highest BCUT2D eigenvalue weighted by atomic mass is 19.1. The maximum absolute atomic E-state index is 14.6. The van der Waals surface area contributed by atoms with E-state index in [-0.39, 0.29) is 30.5 Å². The minimum Gasteiger partial charge on any atom is -0.395 e. The number of para-hydroxylation sites is 1. The number of rotatable bonds is 7. The zero-order chi connectivity index (χ0) is 21.9. The lowest BCUT2D eigenvalue weighted by Gasteiger charge is -2.30. The van der Waals surface area contributed by atoms with E-state index >= 15 is 0 Å². The molecule has 2 atom stereocenters. The van der Waals surface area contributed by atoms with Crippen LogP contribution in [0.4, 0.5) is 4.39 Å². The van der Waals surface area contributed by atoms with Crippen molar-refractivity contribution in [3.63, 3.8) is 0 Å². The highest BCUT2D eigenvalue weighted by Crippen LogP contribution is 2.25. The van der Waals surface area contributed by atoms with Crippen LogP contribution in [0.5, 0.6) is 0 Å². The van der Waals surface area contributed by atoms with Crippen LogP contribution in [-0.4, -0.2) is 58.6 Å². The number of hydrogen-bond donors (Lipinski definition) is 3. The molecule has 0 bridgehead atoms. The summed E-state index contributed by atoms with van der Waals surface area (Å²) in [5.41, 5.74) is -0.279. The van der Waals surface area contributed by atoms with Crippen molar-refractivity contribution in [2.24, 2.45) is 5.41 Å². The van der Waals surface area contributed by atoms with Gasteiger partial charge in [0.1, 0.15) is 17.4 Å². The van der Waals surface area contributed by atoms with Gasteiger partial charge in [0.05, 0.1) is 19.3 Å². The Morgan fingerprint density at radius 2 is 2.17 bits per heavy atom. The number of carbonyl (C=O) groups is 2. The zero-order valence-corrected chi connectivity index (χ0v) is 17.6. The molecule has 3 N–H and O–H groups in total. The van der Waals surface area contributed by atoms with Crippen LogP contribution in [0, 0.1) is 11.2 Å². The predicted octanol–water partition coefficient (Wildman–Crippen LogP) is 1.61. The van der Waals surface area contributed by atoms with Crippen LogP contribution < -0.4 is 10.6 Å². The van der Waals surface area contributed by atoms with Gasteiger partial charge in [-0.05, 0) is 24.3 Å². The summed E-state index contributed by atoms with van der Waals surface area (Å²) in [6, 6.07) is 3.65. The minimum atomic E-state index is -0.858. The van der Waals surface area contributed by atoms with Gasteiger partial charge >= 0.3 is 0 Å². The van der Waals surface area contributed by atoms with E-state index in [1.54, 1.807) is 6.07 Å². The van der Waals surface area contributed by atoms with E-state index in [9.17, 15) is 14.0 Å². The van der Waals surface area contributed by atoms with Crippen molar-refractivity contribution < 1.29 is 23.8 Å². The molecule has 2 amide bonds. The molecule has 2 heterocycles. The van der Waals surface area contributed by atoms with Crippen LogP contribution in [0.15, 0.2) is 18.2 Å². The number of nitrogens with one attached hydrogen (secondary N) is 2. The van der Waals surface area contributed by atoms with Gasteiger partial charge in [0.2, 0.25) is 5.91 Å². The number of halogens is 1. The number of ether oxygens (including phenoxy) is 1. The molecule has 2 unspecified atom stereocenters. The number of hydrogen-bond acceptors (Lipinski definition) is 5.